The van der Waals surface area contributed by atoms with E-state index in [1.54, 1.807) is 0 Å². The van der Waals surface area contributed by atoms with Gasteiger partial charge in [-0.05, 0) is 18.6 Å². The highest BCUT2D eigenvalue weighted by Crippen LogP contribution is 2.21. The molecule has 23 heavy (non-hydrogen) atoms. The standard InChI is InChI=1S/C18H20N4O/c1-2-5-17-19-10-13-11-22(9-8-14(13)20-17)12-18-21-15-6-3-4-7-16(15)23-18/h3-4,6-7,10H,2,5,8-9,11-12H2,1H3. The molecule has 118 valence electrons. The third kappa shape index (κ3) is 2.97. The summed E-state index contributed by atoms with van der Waals surface area (Å²) < 4.78 is 5.83. The number of hydrogen-bond donors (Lipinski definition) is 0. The number of fused-ring (bicyclic) bond motifs is 2. The van der Waals surface area contributed by atoms with Crippen molar-refractivity contribution in [3.8, 4) is 0 Å². The summed E-state index contributed by atoms with van der Waals surface area (Å²) in [6, 6.07) is 7.90. The smallest absolute Gasteiger partial charge is 0.209 e. The summed E-state index contributed by atoms with van der Waals surface area (Å²) in [4.78, 5) is 16.1. The van der Waals surface area contributed by atoms with Gasteiger partial charge < -0.3 is 4.42 Å². The molecular formula is C18H20N4O. The van der Waals surface area contributed by atoms with E-state index in [1.165, 1.54) is 11.3 Å². The number of oxazole rings is 1. The lowest BCUT2D eigenvalue weighted by Crippen LogP contribution is -2.31. The van der Waals surface area contributed by atoms with Crippen LogP contribution in [-0.4, -0.2) is 26.4 Å². The fourth-order valence-corrected chi connectivity index (χ4v) is 3.07. The van der Waals surface area contributed by atoms with Gasteiger partial charge in [-0.1, -0.05) is 19.1 Å². The number of rotatable bonds is 4. The molecule has 4 rings (SSSR count). The molecule has 0 N–H and O–H groups in total. The zero-order valence-electron chi connectivity index (χ0n) is 13.3. The monoisotopic (exact) mass is 308 g/mol. The van der Waals surface area contributed by atoms with Gasteiger partial charge in [0, 0.05) is 43.4 Å². The van der Waals surface area contributed by atoms with Crippen molar-refractivity contribution in [1.82, 2.24) is 19.9 Å². The predicted molar refractivity (Wildman–Crippen MR) is 87.9 cm³/mol. The molecule has 0 atom stereocenters. The van der Waals surface area contributed by atoms with Crippen LogP contribution < -0.4 is 0 Å². The fraction of sp³-hybridized carbons (Fsp3) is 0.389. The van der Waals surface area contributed by atoms with E-state index < -0.39 is 0 Å². The molecule has 5 nitrogen and oxygen atoms in total. The molecule has 1 aliphatic heterocycles. The Hall–Kier alpha value is -2.27. The first kappa shape index (κ1) is 14.3. The van der Waals surface area contributed by atoms with Crippen molar-refractivity contribution in [1.29, 1.82) is 0 Å². The van der Waals surface area contributed by atoms with Gasteiger partial charge in [0.25, 0.3) is 0 Å². The van der Waals surface area contributed by atoms with Gasteiger partial charge >= 0.3 is 0 Å². The number of nitrogens with zero attached hydrogens (tertiary/aromatic N) is 4. The minimum Gasteiger partial charge on any atom is -0.439 e. The van der Waals surface area contributed by atoms with Crippen LogP contribution in [0, 0.1) is 0 Å². The number of benzene rings is 1. The maximum absolute atomic E-state index is 5.83. The minimum atomic E-state index is 0.727. The fourth-order valence-electron chi connectivity index (χ4n) is 3.07. The number of aryl methyl sites for hydroxylation is 1. The van der Waals surface area contributed by atoms with Crippen LogP contribution in [0.15, 0.2) is 34.9 Å². The molecule has 0 bridgehead atoms. The molecular weight excluding hydrogens is 288 g/mol. The SMILES string of the molecule is CCCc1ncc2c(n1)CCN(Cc1nc3ccccc3o1)C2. The van der Waals surface area contributed by atoms with E-state index in [1.807, 2.05) is 30.5 Å². The van der Waals surface area contributed by atoms with Crippen molar-refractivity contribution in [2.75, 3.05) is 6.54 Å². The lowest BCUT2D eigenvalue weighted by atomic mass is 10.1. The van der Waals surface area contributed by atoms with E-state index in [-0.39, 0.29) is 0 Å². The Bertz CT molecular complexity index is 794. The second kappa shape index (κ2) is 6.08. The Morgan fingerprint density at radius 2 is 2.13 bits per heavy atom. The lowest BCUT2D eigenvalue weighted by molar-refractivity contribution is 0.221. The van der Waals surface area contributed by atoms with Crippen LogP contribution in [0.4, 0.5) is 0 Å². The molecule has 0 saturated carbocycles. The van der Waals surface area contributed by atoms with Gasteiger partial charge in [-0.3, -0.25) is 4.90 Å². The molecule has 2 aromatic heterocycles. The van der Waals surface area contributed by atoms with E-state index >= 15 is 0 Å². The van der Waals surface area contributed by atoms with Crippen molar-refractivity contribution in [3.05, 3.63) is 53.4 Å². The first-order valence-corrected chi connectivity index (χ1v) is 8.22. The summed E-state index contributed by atoms with van der Waals surface area (Å²) in [6.07, 6.45) is 5.00. The Labute approximate surface area is 135 Å². The Morgan fingerprint density at radius 3 is 3.00 bits per heavy atom. The summed E-state index contributed by atoms with van der Waals surface area (Å²) in [5, 5.41) is 0. The molecule has 1 aromatic carbocycles. The Kier molecular flexibility index (Phi) is 3.79. The van der Waals surface area contributed by atoms with Crippen LogP contribution in [0.2, 0.25) is 0 Å². The Morgan fingerprint density at radius 1 is 1.22 bits per heavy atom. The van der Waals surface area contributed by atoms with Crippen LogP contribution in [0.3, 0.4) is 0 Å². The molecule has 0 unspecified atom stereocenters. The third-order valence-corrected chi connectivity index (χ3v) is 4.23. The number of para-hydroxylation sites is 2. The zero-order chi connectivity index (χ0) is 15.6. The summed E-state index contributed by atoms with van der Waals surface area (Å²) in [7, 11) is 0. The van der Waals surface area contributed by atoms with Crippen molar-refractivity contribution in [3.63, 3.8) is 0 Å². The highest BCUT2D eigenvalue weighted by atomic mass is 16.3. The molecule has 0 spiro atoms. The van der Waals surface area contributed by atoms with Crippen LogP contribution in [-0.2, 0) is 25.9 Å². The lowest BCUT2D eigenvalue weighted by Gasteiger charge is -2.26. The van der Waals surface area contributed by atoms with Crippen LogP contribution in [0.1, 0.15) is 36.3 Å². The topological polar surface area (TPSA) is 55.1 Å². The van der Waals surface area contributed by atoms with Gasteiger partial charge in [0.2, 0.25) is 5.89 Å². The van der Waals surface area contributed by atoms with Crippen LogP contribution >= 0.6 is 0 Å². The quantitative estimate of drug-likeness (QED) is 0.741. The van der Waals surface area contributed by atoms with E-state index in [0.29, 0.717) is 0 Å². The minimum absolute atomic E-state index is 0.727. The third-order valence-electron chi connectivity index (χ3n) is 4.23. The normalized spacial score (nSPS) is 15.0. The first-order chi connectivity index (χ1) is 11.3. The predicted octanol–water partition coefficient (Wildman–Crippen LogP) is 3.13. The van der Waals surface area contributed by atoms with Crippen molar-refractivity contribution in [2.24, 2.45) is 0 Å². The van der Waals surface area contributed by atoms with Gasteiger partial charge in [-0.2, -0.15) is 0 Å². The molecule has 0 fully saturated rings. The van der Waals surface area contributed by atoms with Crippen molar-refractivity contribution >= 4 is 11.1 Å². The average molecular weight is 308 g/mol. The molecule has 3 aromatic rings. The van der Waals surface area contributed by atoms with Gasteiger partial charge in [0.1, 0.15) is 11.3 Å². The van der Waals surface area contributed by atoms with E-state index in [4.69, 9.17) is 9.40 Å². The second-order valence-electron chi connectivity index (χ2n) is 6.04. The van der Waals surface area contributed by atoms with Crippen LogP contribution in [0.25, 0.3) is 11.1 Å². The zero-order valence-corrected chi connectivity index (χ0v) is 13.3. The summed E-state index contributed by atoms with van der Waals surface area (Å²) in [5.74, 6) is 1.75. The molecule has 0 radical (unpaired) electrons. The van der Waals surface area contributed by atoms with E-state index in [2.05, 4.69) is 21.8 Å². The maximum Gasteiger partial charge on any atom is 0.209 e. The maximum atomic E-state index is 5.83. The summed E-state index contributed by atoms with van der Waals surface area (Å²) in [5.41, 5.74) is 4.21. The van der Waals surface area contributed by atoms with Crippen LogP contribution in [0.5, 0.6) is 0 Å². The molecule has 0 saturated heterocycles. The first-order valence-electron chi connectivity index (χ1n) is 8.22. The molecule has 1 aliphatic rings. The molecule has 3 heterocycles. The van der Waals surface area contributed by atoms with E-state index in [9.17, 15) is 0 Å². The highest BCUT2D eigenvalue weighted by molar-refractivity contribution is 5.72. The summed E-state index contributed by atoms with van der Waals surface area (Å²) >= 11 is 0. The molecule has 0 amide bonds. The number of hydrogen-bond acceptors (Lipinski definition) is 5. The highest BCUT2D eigenvalue weighted by Gasteiger charge is 2.20. The van der Waals surface area contributed by atoms with Gasteiger partial charge in [-0.15, -0.1) is 0 Å². The number of aromatic nitrogens is 3. The van der Waals surface area contributed by atoms with Gasteiger partial charge in [0.15, 0.2) is 5.58 Å². The van der Waals surface area contributed by atoms with Crippen molar-refractivity contribution in [2.45, 2.75) is 39.3 Å². The second-order valence-corrected chi connectivity index (χ2v) is 6.04. The Balaban J connectivity index is 1.49. The van der Waals surface area contributed by atoms with Gasteiger partial charge in [-0.25, -0.2) is 15.0 Å². The van der Waals surface area contributed by atoms with Crippen molar-refractivity contribution < 1.29 is 4.42 Å². The summed E-state index contributed by atoms with van der Waals surface area (Å²) in [6.45, 7) is 4.73. The molecule has 0 aliphatic carbocycles. The average Bonchev–Trinajstić information content (AvgIpc) is 2.97. The molecule has 5 heteroatoms. The van der Waals surface area contributed by atoms with Gasteiger partial charge in [0.05, 0.1) is 6.54 Å². The van der Waals surface area contributed by atoms with E-state index in [0.717, 1.165) is 61.7 Å². The largest absolute Gasteiger partial charge is 0.439 e.